The lowest BCUT2D eigenvalue weighted by molar-refractivity contribution is -0.0442. The summed E-state index contributed by atoms with van der Waals surface area (Å²) in [6.45, 7) is 7.07. The lowest BCUT2D eigenvalue weighted by Crippen LogP contribution is -2.51. The monoisotopic (exact) mass is 307 g/mol. The van der Waals surface area contributed by atoms with Gasteiger partial charge in [0.15, 0.2) is 0 Å². The van der Waals surface area contributed by atoms with Gasteiger partial charge in [0.2, 0.25) is 0 Å². The number of ether oxygens (including phenoxy) is 1. The molecular formula is C16H21NO3S. The highest BCUT2D eigenvalue weighted by atomic mass is 32.1. The van der Waals surface area contributed by atoms with Crippen LogP contribution in [-0.4, -0.2) is 47.8 Å². The van der Waals surface area contributed by atoms with Gasteiger partial charge in [-0.15, -0.1) is 11.3 Å². The number of aryl methyl sites for hydroxylation is 1. The van der Waals surface area contributed by atoms with Gasteiger partial charge in [-0.2, -0.15) is 0 Å². The van der Waals surface area contributed by atoms with Crippen molar-refractivity contribution in [2.75, 3.05) is 19.8 Å². The van der Waals surface area contributed by atoms with Crippen molar-refractivity contribution in [1.29, 1.82) is 0 Å². The molecule has 0 spiro atoms. The normalized spacial score (nSPS) is 21.8. The van der Waals surface area contributed by atoms with Crippen LogP contribution in [0, 0.1) is 18.8 Å². The fourth-order valence-corrected chi connectivity index (χ4v) is 3.41. The van der Waals surface area contributed by atoms with Crippen molar-refractivity contribution in [3.8, 4) is 11.8 Å². The molecule has 1 aromatic rings. The summed E-state index contributed by atoms with van der Waals surface area (Å²) in [5.41, 5.74) is 0.985. The second-order valence-electron chi connectivity index (χ2n) is 5.25. The minimum atomic E-state index is -0.167. The second-order valence-corrected chi connectivity index (χ2v) is 6.30. The third-order valence-electron chi connectivity index (χ3n) is 3.61. The fraction of sp³-hybridized carbons (Fsp3) is 0.562. The van der Waals surface area contributed by atoms with Gasteiger partial charge in [0.1, 0.15) is 6.61 Å². The van der Waals surface area contributed by atoms with E-state index in [0.717, 1.165) is 16.9 Å². The molecule has 5 heteroatoms. The highest BCUT2D eigenvalue weighted by Gasteiger charge is 2.30. The van der Waals surface area contributed by atoms with Crippen LogP contribution in [0.2, 0.25) is 0 Å². The van der Waals surface area contributed by atoms with E-state index in [-0.39, 0.29) is 24.7 Å². The fourth-order valence-electron chi connectivity index (χ4n) is 2.40. The van der Waals surface area contributed by atoms with Crippen molar-refractivity contribution in [3.63, 3.8) is 0 Å². The third-order valence-corrected chi connectivity index (χ3v) is 4.75. The van der Waals surface area contributed by atoms with Gasteiger partial charge < -0.3 is 14.7 Å². The maximum absolute atomic E-state index is 12.7. The SMILES string of the molecule is CCC1COC(C)CN1C(=O)c1cc(C)c(C#CCO)s1. The molecular weight excluding hydrogens is 286 g/mol. The summed E-state index contributed by atoms with van der Waals surface area (Å²) in [6.07, 6.45) is 0.964. The first-order chi connectivity index (χ1) is 10.1. The van der Waals surface area contributed by atoms with E-state index in [1.54, 1.807) is 0 Å². The first-order valence-electron chi connectivity index (χ1n) is 7.19. The Morgan fingerprint density at radius 1 is 1.62 bits per heavy atom. The molecule has 1 fully saturated rings. The molecule has 0 saturated carbocycles. The molecule has 2 rings (SSSR count). The summed E-state index contributed by atoms with van der Waals surface area (Å²) in [5, 5.41) is 8.78. The molecule has 0 radical (unpaired) electrons. The maximum Gasteiger partial charge on any atom is 0.264 e. The lowest BCUT2D eigenvalue weighted by atomic mass is 10.1. The van der Waals surface area contributed by atoms with Crippen molar-refractivity contribution in [2.24, 2.45) is 0 Å². The topological polar surface area (TPSA) is 49.8 Å². The average Bonchev–Trinajstić information content (AvgIpc) is 2.85. The highest BCUT2D eigenvalue weighted by Crippen LogP contribution is 2.25. The second kappa shape index (κ2) is 7.08. The van der Waals surface area contributed by atoms with Crippen LogP contribution in [0.3, 0.4) is 0 Å². The van der Waals surface area contributed by atoms with Gasteiger partial charge in [-0.3, -0.25) is 4.79 Å². The van der Waals surface area contributed by atoms with Crippen molar-refractivity contribution < 1.29 is 14.6 Å². The smallest absolute Gasteiger partial charge is 0.264 e. The predicted octanol–water partition coefficient (Wildman–Crippen LogP) is 2.04. The Morgan fingerprint density at radius 3 is 3.05 bits per heavy atom. The van der Waals surface area contributed by atoms with Gasteiger partial charge in [-0.1, -0.05) is 18.8 Å². The molecule has 21 heavy (non-hydrogen) atoms. The van der Waals surface area contributed by atoms with Crippen molar-refractivity contribution in [3.05, 3.63) is 21.4 Å². The van der Waals surface area contributed by atoms with Gasteiger partial charge >= 0.3 is 0 Å². The molecule has 2 unspecified atom stereocenters. The van der Waals surface area contributed by atoms with Crippen LogP contribution in [0.5, 0.6) is 0 Å². The number of hydrogen-bond acceptors (Lipinski definition) is 4. The van der Waals surface area contributed by atoms with Crippen molar-refractivity contribution in [1.82, 2.24) is 4.90 Å². The van der Waals surface area contributed by atoms with E-state index >= 15 is 0 Å². The molecule has 1 aliphatic rings. The Balaban J connectivity index is 2.22. The third kappa shape index (κ3) is 3.65. The van der Waals surface area contributed by atoms with Crippen LogP contribution in [0.25, 0.3) is 0 Å². The van der Waals surface area contributed by atoms with E-state index in [9.17, 15) is 4.79 Å². The van der Waals surface area contributed by atoms with Gasteiger partial charge in [0, 0.05) is 6.54 Å². The highest BCUT2D eigenvalue weighted by molar-refractivity contribution is 7.14. The number of carbonyl (C=O) groups is 1. The first-order valence-corrected chi connectivity index (χ1v) is 8.01. The number of hydrogen-bond donors (Lipinski definition) is 1. The van der Waals surface area contributed by atoms with Gasteiger partial charge in [-0.25, -0.2) is 0 Å². The number of thiophene rings is 1. The van der Waals surface area contributed by atoms with E-state index in [0.29, 0.717) is 18.0 Å². The molecule has 1 amide bonds. The standard InChI is InChI=1S/C16H21NO3S/c1-4-13-10-20-12(3)9-17(13)16(19)15-8-11(2)14(21-15)6-5-7-18/h8,12-13,18H,4,7,9-10H2,1-3H3. The zero-order valence-electron chi connectivity index (χ0n) is 12.7. The average molecular weight is 307 g/mol. The van der Waals surface area contributed by atoms with Crippen molar-refractivity contribution in [2.45, 2.75) is 39.3 Å². The zero-order valence-corrected chi connectivity index (χ0v) is 13.5. The minimum Gasteiger partial charge on any atom is -0.384 e. The summed E-state index contributed by atoms with van der Waals surface area (Å²) < 4.78 is 5.64. The quantitative estimate of drug-likeness (QED) is 0.851. The Morgan fingerprint density at radius 2 is 2.38 bits per heavy atom. The first kappa shape index (κ1) is 16.0. The molecule has 2 heterocycles. The Bertz CT molecular complexity index is 570. The number of aliphatic hydroxyl groups excluding tert-OH is 1. The molecule has 4 nitrogen and oxygen atoms in total. The molecule has 114 valence electrons. The number of amides is 1. The van der Waals surface area contributed by atoms with E-state index in [2.05, 4.69) is 18.8 Å². The Hall–Kier alpha value is -1.35. The van der Waals surface area contributed by atoms with E-state index < -0.39 is 0 Å². The molecule has 1 aromatic heterocycles. The van der Waals surface area contributed by atoms with E-state index in [4.69, 9.17) is 9.84 Å². The van der Waals surface area contributed by atoms with Crippen LogP contribution in [-0.2, 0) is 4.74 Å². The number of carbonyl (C=O) groups excluding carboxylic acids is 1. The number of aliphatic hydroxyl groups is 1. The molecule has 1 N–H and O–H groups in total. The van der Waals surface area contributed by atoms with E-state index in [1.165, 1.54) is 11.3 Å². The lowest BCUT2D eigenvalue weighted by Gasteiger charge is -2.38. The van der Waals surface area contributed by atoms with Gasteiger partial charge in [0.25, 0.3) is 5.91 Å². The zero-order chi connectivity index (χ0) is 15.4. The summed E-state index contributed by atoms with van der Waals surface area (Å²) in [5.74, 6) is 5.59. The summed E-state index contributed by atoms with van der Waals surface area (Å²) in [4.78, 5) is 16.2. The number of morpholine rings is 1. The summed E-state index contributed by atoms with van der Waals surface area (Å²) in [6, 6.07) is 2.03. The van der Waals surface area contributed by atoms with Crippen LogP contribution < -0.4 is 0 Å². The van der Waals surface area contributed by atoms with Crippen molar-refractivity contribution >= 4 is 17.2 Å². The predicted molar refractivity (Wildman–Crippen MR) is 83.5 cm³/mol. The van der Waals surface area contributed by atoms with Crippen LogP contribution in [0.1, 0.15) is 40.4 Å². The summed E-state index contributed by atoms with van der Waals surface area (Å²) >= 11 is 1.40. The molecule has 0 aliphatic carbocycles. The van der Waals surface area contributed by atoms with E-state index in [1.807, 2.05) is 24.8 Å². The minimum absolute atomic E-state index is 0.0575. The number of nitrogens with zero attached hydrogens (tertiary/aromatic N) is 1. The molecule has 0 aromatic carbocycles. The molecule has 1 aliphatic heterocycles. The van der Waals surface area contributed by atoms with Crippen LogP contribution in [0.15, 0.2) is 6.07 Å². The Kier molecular flexibility index (Phi) is 5.40. The molecule has 1 saturated heterocycles. The molecule has 0 bridgehead atoms. The van der Waals surface area contributed by atoms with Crippen LogP contribution >= 0.6 is 11.3 Å². The molecule has 2 atom stereocenters. The maximum atomic E-state index is 12.7. The largest absolute Gasteiger partial charge is 0.384 e. The van der Waals surface area contributed by atoms with Gasteiger partial charge in [-0.05, 0) is 31.9 Å². The van der Waals surface area contributed by atoms with Crippen LogP contribution in [0.4, 0.5) is 0 Å². The number of rotatable bonds is 2. The Labute approximate surface area is 129 Å². The summed E-state index contributed by atoms with van der Waals surface area (Å²) in [7, 11) is 0. The van der Waals surface area contributed by atoms with Gasteiger partial charge in [0.05, 0.1) is 28.5 Å².